The maximum atomic E-state index is 4.81. The van der Waals surface area contributed by atoms with E-state index in [1.165, 1.54) is 58.4 Å². The maximum absolute atomic E-state index is 4.81. The van der Waals surface area contributed by atoms with Crippen molar-refractivity contribution in [2.75, 3.05) is 52.9 Å². The zero-order chi connectivity index (χ0) is 15.8. The lowest BCUT2D eigenvalue weighted by Gasteiger charge is -2.33. The standard InChI is InChI=1S/C17H35N5.HI/c1-4-18-17(20-16-7-5-6-8-16)19-13-15(2)14-22-11-9-21(3)10-12-22;/h15-16H,4-14H2,1-3H3,(H2,18,19,20);1H. The maximum Gasteiger partial charge on any atom is 0.191 e. The molecule has 1 saturated carbocycles. The number of rotatable bonds is 6. The van der Waals surface area contributed by atoms with Gasteiger partial charge in [-0.2, -0.15) is 0 Å². The fourth-order valence-electron chi connectivity index (χ4n) is 3.36. The highest BCUT2D eigenvalue weighted by Gasteiger charge is 2.17. The molecule has 2 N–H and O–H groups in total. The first-order valence-corrected chi connectivity index (χ1v) is 9.13. The SMILES string of the molecule is CCNC(=NCC(C)CN1CCN(C)CC1)NC1CCCC1.I. The number of nitrogens with one attached hydrogen (secondary N) is 2. The molecule has 1 saturated heterocycles. The zero-order valence-electron chi connectivity index (χ0n) is 15.2. The molecule has 2 aliphatic rings. The van der Waals surface area contributed by atoms with E-state index in [1.54, 1.807) is 0 Å². The highest BCUT2D eigenvalue weighted by atomic mass is 127. The number of piperazine rings is 1. The summed E-state index contributed by atoms with van der Waals surface area (Å²) in [6.07, 6.45) is 5.30. The number of hydrogen-bond donors (Lipinski definition) is 2. The Hall–Kier alpha value is -0.0800. The molecule has 136 valence electrons. The normalized spacial score (nSPS) is 22.7. The molecule has 1 atom stereocenters. The second-order valence-electron chi connectivity index (χ2n) is 7.05. The van der Waals surface area contributed by atoms with Crippen LogP contribution in [0.3, 0.4) is 0 Å². The van der Waals surface area contributed by atoms with Crippen molar-refractivity contribution < 1.29 is 0 Å². The summed E-state index contributed by atoms with van der Waals surface area (Å²) in [5.41, 5.74) is 0. The second-order valence-corrected chi connectivity index (χ2v) is 7.05. The Kier molecular flexibility index (Phi) is 10.5. The van der Waals surface area contributed by atoms with Crippen molar-refractivity contribution in [3.05, 3.63) is 0 Å². The minimum Gasteiger partial charge on any atom is -0.357 e. The van der Waals surface area contributed by atoms with Gasteiger partial charge in [0.15, 0.2) is 5.96 Å². The molecule has 0 aromatic rings. The summed E-state index contributed by atoms with van der Waals surface area (Å²) in [6.45, 7) is 12.3. The smallest absolute Gasteiger partial charge is 0.191 e. The van der Waals surface area contributed by atoms with E-state index >= 15 is 0 Å². The van der Waals surface area contributed by atoms with Crippen LogP contribution >= 0.6 is 24.0 Å². The van der Waals surface area contributed by atoms with E-state index in [2.05, 4.69) is 41.3 Å². The number of hydrogen-bond acceptors (Lipinski definition) is 3. The Morgan fingerprint density at radius 2 is 1.83 bits per heavy atom. The van der Waals surface area contributed by atoms with Crippen molar-refractivity contribution in [1.82, 2.24) is 20.4 Å². The first kappa shape index (κ1) is 21.0. The third-order valence-electron chi connectivity index (χ3n) is 4.77. The molecule has 1 aliphatic carbocycles. The van der Waals surface area contributed by atoms with Crippen molar-refractivity contribution in [1.29, 1.82) is 0 Å². The van der Waals surface area contributed by atoms with Crippen LogP contribution in [0.4, 0.5) is 0 Å². The number of halogens is 1. The fraction of sp³-hybridized carbons (Fsp3) is 0.941. The fourth-order valence-corrected chi connectivity index (χ4v) is 3.36. The molecular weight excluding hydrogens is 401 g/mol. The van der Waals surface area contributed by atoms with Gasteiger partial charge in [0.25, 0.3) is 0 Å². The Morgan fingerprint density at radius 3 is 2.43 bits per heavy atom. The van der Waals surface area contributed by atoms with Gasteiger partial charge < -0.3 is 20.4 Å². The summed E-state index contributed by atoms with van der Waals surface area (Å²) in [6, 6.07) is 0.630. The van der Waals surface area contributed by atoms with Crippen molar-refractivity contribution in [3.8, 4) is 0 Å². The van der Waals surface area contributed by atoms with Crippen molar-refractivity contribution in [2.24, 2.45) is 10.9 Å². The molecule has 6 heteroatoms. The molecule has 0 bridgehead atoms. The number of likely N-dealkylation sites (N-methyl/N-ethyl adjacent to an activating group) is 1. The first-order valence-electron chi connectivity index (χ1n) is 9.13. The van der Waals surface area contributed by atoms with Gasteiger partial charge >= 0.3 is 0 Å². The van der Waals surface area contributed by atoms with Gasteiger partial charge in [-0.15, -0.1) is 24.0 Å². The quantitative estimate of drug-likeness (QED) is 0.379. The van der Waals surface area contributed by atoms with Crippen molar-refractivity contribution >= 4 is 29.9 Å². The molecule has 0 aromatic carbocycles. The first-order chi connectivity index (χ1) is 10.7. The van der Waals surface area contributed by atoms with E-state index in [-0.39, 0.29) is 24.0 Å². The molecular formula is C17H36IN5. The third kappa shape index (κ3) is 8.03. The van der Waals surface area contributed by atoms with Crippen LogP contribution in [-0.2, 0) is 0 Å². The molecule has 2 fully saturated rings. The molecule has 0 radical (unpaired) electrons. The Morgan fingerprint density at radius 1 is 1.17 bits per heavy atom. The van der Waals surface area contributed by atoms with Crippen LogP contribution in [-0.4, -0.2) is 74.7 Å². The van der Waals surface area contributed by atoms with Crippen LogP contribution in [0.25, 0.3) is 0 Å². The molecule has 5 nitrogen and oxygen atoms in total. The third-order valence-corrected chi connectivity index (χ3v) is 4.77. The lowest BCUT2D eigenvalue weighted by Crippen LogP contribution is -2.46. The van der Waals surface area contributed by atoms with E-state index in [9.17, 15) is 0 Å². The van der Waals surface area contributed by atoms with E-state index in [4.69, 9.17) is 4.99 Å². The molecule has 1 aliphatic heterocycles. The number of guanidine groups is 1. The van der Waals surface area contributed by atoms with Gasteiger partial charge in [0.05, 0.1) is 0 Å². The van der Waals surface area contributed by atoms with Crippen LogP contribution in [0.2, 0.25) is 0 Å². The van der Waals surface area contributed by atoms with Gasteiger partial charge in [-0.1, -0.05) is 19.8 Å². The number of aliphatic imine (C=N–C) groups is 1. The van der Waals surface area contributed by atoms with Crippen LogP contribution < -0.4 is 10.6 Å². The van der Waals surface area contributed by atoms with Gasteiger partial charge in [0.1, 0.15) is 0 Å². The summed E-state index contributed by atoms with van der Waals surface area (Å²) >= 11 is 0. The topological polar surface area (TPSA) is 42.9 Å². The van der Waals surface area contributed by atoms with Crippen molar-refractivity contribution in [3.63, 3.8) is 0 Å². The predicted molar refractivity (Wildman–Crippen MR) is 110 cm³/mol. The van der Waals surface area contributed by atoms with Crippen LogP contribution in [0, 0.1) is 5.92 Å². The average molecular weight is 437 g/mol. The van der Waals surface area contributed by atoms with Crippen molar-refractivity contribution in [2.45, 2.75) is 45.6 Å². The number of nitrogens with zero attached hydrogens (tertiary/aromatic N) is 3. The summed E-state index contributed by atoms with van der Waals surface area (Å²) in [5, 5.41) is 6.99. The van der Waals surface area contributed by atoms with E-state index in [0.29, 0.717) is 12.0 Å². The van der Waals surface area contributed by atoms with E-state index < -0.39 is 0 Å². The van der Waals surface area contributed by atoms with Gasteiger partial charge in [-0.25, -0.2) is 0 Å². The largest absolute Gasteiger partial charge is 0.357 e. The predicted octanol–water partition coefficient (Wildman–Crippen LogP) is 1.99. The Balaban J connectivity index is 0.00000264. The second kappa shape index (κ2) is 11.5. The summed E-state index contributed by atoms with van der Waals surface area (Å²) in [7, 11) is 2.21. The van der Waals surface area contributed by atoms with Gasteiger partial charge in [0, 0.05) is 51.9 Å². The van der Waals surface area contributed by atoms with Crippen LogP contribution in [0.1, 0.15) is 39.5 Å². The van der Waals surface area contributed by atoms with Gasteiger partial charge in [-0.05, 0) is 32.7 Å². The summed E-state index contributed by atoms with van der Waals surface area (Å²) in [5.74, 6) is 1.63. The molecule has 1 heterocycles. The minimum absolute atomic E-state index is 0. The molecule has 2 rings (SSSR count). The molecule has 0 aromatic heterocycles. The highest BCUT2D eigenvalue weighted by molar-refractivity contribution is 14.0. The zero-order valence-corrected chi connectivity index (χ0v) is 17.5. The summed E-state index contributed by atoms with van der Waals surface area (Å²) < 4.78 is 0. The van der Waals surface area contributed by atoms with Crippen LogP contribution in [0.5, 0.6) is 0 Å². The lowest BCUT2D eigenvalue weighted by molar-refractivity contribution is 0.140. The lowest BCUT2D eigenvalue weighted by atomic mass is 10.1. The van der Waals surface area contributed by atoms with E-state index in [0.717, 1.165) is 19.0 Å². The minimum atomic E-state index is 0. The molecule has 0 amide bonds. The molecule has 0 spiro atoms. The van der Waals surface area contributed by atoms with Gasteiger partial charge in [-0.3, -0.25) is 4.99 Å². The van der Waals surface area contributed by atoms with Crippen LogP contribution in [0.15, 0.2) is 4.99 Å². The van der Waals surface area contributed by atoms with E-state index in [1.807, 2.05) is 0 Å². The highest BCUT2D eigenvalue weighted by Crippen LogP contribution is 2.17. The summed E-state index contributed by atoms with van der Waals surface area (Å²) in [4.78, 5) is 9.81. The van der Waals surface area contributed by atoms with Gasteiger partial charge in [0.2, 0.25) is 0 Å². The molecule has 1 unspecified atom stereocenters. The Bertz CT molecular complexity index is 336. The molecule has 23 heavy (non-hydrogen) atoms. The average Bonchev–Trinajstić information content (AvgIpc) is 3.00. The monoisotopic (exact) mass is 437 g/mol. The Labute approximate surface area is 159 Å².